The standard InChI is InChI=1S/C25H30N4O2S/c1-4-5-24(19-6-8-22(9-7-19)28-32-3)27-18(2)26-21-10-12-23(13-11-21)29-16-14-20(15-17-29)25(30)31/h4-13,20,26,28H,2,14-17H2,1,3H3,(H,30,31)/b5-4-,27-24+. The van der Waals surface area contributed by atoms with Crippen LogP contribution in [0.25, 0.3) is 0 Å². The first-order valence-corrected chi connectivity index (χ1v) is 11.9. The van der Waals surface area contributed by atoms with Gasteiger partial charge in [0.25, 0.3) is 0 Å². The molecule has 0 saturated carbocycles. The highest BCUT2D eigenvalue weighted by atomic mass is 32.2. The van der Waals surface area contributed by atoms with E-state index in [0.717, 1.165) is 41.4 Å². The van der Waals surface area contributed by atoms with Crippen molar-refractivity contribution in [2.24, 2.45) is 10.9 Å². The third-order valence-corrected chi connectivity index (χ3v) is 5.79. The largest absolute Gasteiger partial charge is 0.481 e. The minimum atomic E-state index is -0.687. The summed E-state index contributed by atoms with van der Waals surface area (Å²) in [5.74, 6) is -0.356. The van der Waals surface area contributed by atoms with Crippen LogP contribution >= 0.6 is 11.9 Å². The number of aliphatic imine (C=N–C) groups is 1. The number of aliphatic carboxylic acids is 1. The Hall–Kier alpha value is -3.19. The van der Waals surface area contributed by atoms with Gasteiger partial charge in [-0.15, -0.1) is 0 Å². The third kappa shape index (κ3) is 6.40. The van der Waals surface area contributed by atoms with Crippen molar-refractivity contribution in [2.45, 2.75) is 19.8 Å². The highest BCUT2D eigenvalue weighted by Gasteiger charge is 2.24. The molecule has 0 amide bonds. The van der Waals surface area contributed by atoms with E-state index in [4.69, 9.17) is 5.11 Å². The third-order valence-electron chi connectivity index (χ3n) is 5.35. The fourth-order valence-corrected chi connectivity index (χ4v) is 4.03. The Morgan fingerprint density at radius 2 is 1.75 bits per heavy atom. The molecule has 0 aromatic heterocycles. The van der Waals surface area contributed by atoms with Crippen molar-refractivity contribution >= 4 is 40.7 Å². The lowest BCUT2D eigenvalue weighted by molar-refractivity contribution is -0.142. The smallest absolute Gasteiger partial charge is 0.306 e. The molecule has 6 nitrogen and oxygen atoms in total. The van der Waals surface area contributed by atoms with Gasteiger partial charge in [-0.3, -0.25) is 4.79 Å². The van der Waals surface area contributed by atoms with Crippen LogP contribution in [0.5, 0.6) is 0 Å². The molecule has 2 aromatic carbocycles. The molecule has 0 atom stereocenters. The monoisotopic (exact) mass is 450 g/mol. The maximum Gasteiger partial charge on any atom is 0.306 e. The second kappa shape index (κ2) is 11.4. The average Bonchev–Trinajstić information content (AvgIpc) is 2.80. The van der Waals surface area contributed by atoms with Gasteiger partial charge in [-0.2, -0.15) is 0 Å². The number of carboxylic acids is 1. The summed E-state index contributed by atoms with van der Waals surface area (Å²) in [7, 11) is 0. The first-order valence-electron chi connectivity index (χ1n) is 10.6. The van der Waals surface area contributed by atoms with Gasteiger partial charge >= 0.3 is 5.97 Å². The Bertz CT molecular complexity index is 976. The Labute approximate surface area is 194 Å². The molecule has 0 radical (unpaired) electrons. The fraction of sp³-hybridized carbons (Fsp3) is 0.280. The van der Waals surface area contributed by atoms with Crippen LogP contribution in [-0.4, -0.2) is 36.1 Å². The Balaban J connectivity index is 1.63. The van der Waals surface area contributed by atoms with E-state index >= 15 is 0 Å². The summed E-state index contributed by atoms with van der Waals surface area (Å²) in [6.07, 6.45) is 7.28. The zero-order chi connectivity index (χ0) is 22.9. The van der Waals surface area contributed by atoms with E-state index in [1.807, 2.05) is 73.9 Å². The van der Waals surface area contributed by atoms with Crippen molar-refractivity contribution in [1.29, 1.82) is 0 Å². The predicted molar refractivity (Wildman–Crippen MR) is 137 cm³/mol. The number of nitrogens with zero attached hydrogens (tertiary/aromatic N) is 2. The van der Waals surface area contributed by atoms with E-state index in [1.54, 1.807) is 11.9 Å². The van der Waals surface area contributed by atoms with Gasteiger partial charge in [-0.1, -0.05) is 36.7 Å². The molecule has 1 heterocycles. The van der Waals surface area contributed by atoms with Crippen LogP contribution < -0.4 is 14.9 Å². The Morgan fingerprint density at radius 1 is 1.12 bits per heavy atom. The van der Waals surface area contributed by atoms with Crippen molar-refractivity contribution in [1.82, 2.24) is 0 Å². The molecule has 1 aliphatic rings. The van der Waals surface area contributed by atoms with E-state index in [0.29, 0.717) is 18.7 Å². The molecule has 1 saturated heterocycles. The molecule has 1 fully saturated rings. The molecule has 0 spiro atoms. The Morgan fingerprint density at radius 3 is 2.31 bits per heavy atom. The van der Waals surface area contributed by atoms with E-state index in [2.05, 4.69) is 26.5 Å². The second-order valence-electron chi connectivity index (χ2n) is 7.60. The summed E-state index contributed by atoms with van der Waals surface area (Å²) in [5.41, 5.74) is 4.89. The lowest BCUT2D eigenvalue weighted by Crippen LogP contribution is -2.36. The number of allylic oxidation sites excluding steroid dienone is 2. The summed E-state index contributed by atoms with van der Waals surface area (Å²) < 4.78 is 3.21. The highest BCUT2D eigenvalue weighted by molar-refractivity contribution is 7.99. The zero-order valence-electron chi connectivity index (χ0n) is 18.5. The SMILES string of the molecule is C=C(/N=C(\C=C/C)c1ccc(NSC)cc1)Nc1ccc(N2CCC(C(=O)O)CC2)cc1. The van der Waals surface area contributed by atoms with Gasteiger partial charge in [0, 0.05) is 42.0 Å². The second-order valence-corrected chi connectivity index (χ2v) is 8.21. The average molecular weight is 451 g/mol. The molecule has 32 heavy (non-hydrogen) atoms. The molecule has 2 aromatic rings. The van der Waals surface area contributed by atoms with Crippen LogP contribution in [0, 0.1) is 5.92 Å². The zero-order valence-corrected chi connectivity index (χ0v) is 19.4. The summed E-state index contributed by atoms with van der Waals surface area (Å²) in [6, 6.07) is 16.2. The van der Waals surface area contributed by atoms with Crippen LogP contribution in [-0.2, 0) is 4.79 Å². The molecular weight excluding hydrogens is 420 g/mol. The van der Waals surface area contributed by atoms with Crippen molar-refractivity contribution in [2.75, 3.05) is 34.3 Å². The number of piperidine rings is 1. The van der Waals surface area contributed by atoms with Gasteiger partial charge in [0.1, 0.15) is 5.82 Å². The van der Waals surface area contributed by atoms with E-state index in [-0.39, 0.29) is 5.92 Å². The molecule has 1 aliphatic heterocycles. The quantitative estimate of drug-likeness (QED) is 0.340. The number of anilines is 3. The van der Waals surface area contributed by atoms with Gasteiger partial charge < -0.3 is 20.0 Å². The number of hydrogen-bond donors (Lipinski definition) is 3. The maximum atomic E-state index is 11.1. The summed E-state index contributed by atoms with van der Waals surface area (Å²) in [5, 5.41) is 12.4. The lowest BCUT2D eigenvalue weighted by atomic mass is 9.97. The number of carbonyl (C=O) groups is 1. The topological polar surface area (TPSA) is 77.0 Å². The van der Waals surface area contributed by atoms with Crippen LogP contribution in [0.1, 0.15) is 25.3 Å². The predicted octanol–water partition coefficient (Wildman–Crippen LogP) is 5.63. The van der Waals surface area contributed by atoms with E-state index in [1.165, 1.54) is 0 Å². The van der Waals surface area contributed by atoms with Gasteiger partial charge in [-0.05, 0) is 62.2 Å². The van der Waals surface area contributed by atoms with E-state index < -0.39 is 5.97 Å². The van der Waals surface area contributed by atoms with Crippen molar-refractivity contribution < 1.29 is 9.90 Å². The molecular formula is C25H30N4O2S. The van der Waals surface area contributed by atoms with Crippen molar-refractivity contribution in [3.63, 3.8) is 0 Å². The lowest BCUT2D eigenvalue weighted by Gasteiger charge is -2.32. The minimum Gasteiger partial charge on any atom is -0.481 e. The molecule has 7 heteroatoms. The highest BCUT2D eigenvalue weighted by Crippen LogP contribution is 2.25. The maximum absolute atomic E-state index is 11.1. The number of carboxylic acid groups (broad SMARTS) is 1. The first kappa shape index (κ1) is 23.5. The van der Waals surface area contributed by atoms with Crippen LogP contribution in [0.3, 0.4) is 0 Å². The van der Waals surface area contributed by atoms with Crippen LogP contribution in [0.4, 0.5) is 17.1 Å². The number of hydrogen-bond acceptors (Lipinski definition) is 6. The first-order chi connectivity index (χ1) is 15.5. The molecule has 0 unspecified atom stereocenters. The van der Waals surface area contributed by atoms with Gasteiger partial charge in [0.05, 0.1) is 11.6 Å². The summed E-state index contributed by atoms with van der Waals surface area (Å²) >= 11 is 1.56. The molecule has 168 valence electrons. The van der Waals surface area contributed by atoms with Gasteiger partial charge in [-0.25, -0.2) is 4.99 Å². The number of nitrogens with one attached hydrogen (secondary N) is 2. The fourth-order valence-electron chi connectivity index (χ4n) is 3.66. The normalized spacial score (nSPS) is 15.1. The Kier molecular flexibility index (Phi) is 8.39. The van der Waals surface area contributed by atoms with Gasteiger partial charge in [0.2, 0.25) is 0 Å². The molecule has 3 rings (SSSR count). The molecule has 0 aliphatic carbocycles. The number of benzene rings is 2. The minimum absolute atomic E-state index is 0.224. The van der Waals surface area contributed by atoms with Crippen LogP contribution in [0.2, 0.25) is 0 Å². The van der Waals surface area contributed by atoms with E-state index in [9.17, 15) is 4.79 Å². The number of rotatable bonds is 9. The molecule has 0 bridgehead atoms. The van der Waals surface area contributed by atoms with Crippen LogP contribution in [0.15, 0.2) is 78.1 Å². The summed E-state index contributed by atoms with van der Waals surface area (Å²) in [6.45, 7) is 7.56. The van der Waals surface area contributed by atoms with Crippen molar-refractivity contribution in [3.05, 3.63) is 78.6 Å². The van der Waals surface area contributed by atoms with Gasteiger partial charge in [0.15, 0.2) is 0 Å². The summed E-state index contributed by atoms with van der Waals surface area (Å²) in [4.78, 5) is 18.0. The molecule has 3 N–H and O–H groups in total. The van der Waals surface area contributed by atoms with Crippen molar-refractivity contribution in [3.8, 4) is 0 Å².